The number of hydrogen-bond donors (Lipinski definition) is 0. The molecule has 0 bridgehead atoms. The van der Waals surface area contributed by atoms with Gasteiger partial charge in [-0.3, -0.25) is 0 Å². The van der Waals surface area contributed by atoms with Crippen molar-refractivity contribution in [1.29, 1.82) is 0 Å². The number of thioether (sulfide) groups is 1. The summed E-state index contributed by atoms with van der Waals surface area (Å²) in [4.78, 5) is 6.81. The molecule has 0 amide bonds. The Balaban J connectivity index is 2.20. The van der Waals surface area contributed by atoms with Gasteiger partial charge in [-0.1, -0.05) is 0 Å². The molecule has 2 heterocycles. The number of halogens is 1. The molecule has 0 aliphatic carbocycles. The Labute approximate surface area is 104 Å². The van der Waals surface area contributed by atoms with Crippen LogP contribution in [-0.4, -0.2) is 29.6 Å². The molecule has 1 fully saturated rings. The molecule has 2 rings (SSSR count). The highest BCUT2D eigenvalue weighted by atomic mass is 79.9. The van der Waals surface area contributed by atoms with Crippen molar-refractivity contribution in [2.45, 2.75) is 19.4 Å². The Kier molecular flexibility index (Phi) is 3.57. The van der Waals surface area contributed by atoms with E-state index in [1.807, 2.05) is 18.0 Å². The van der Waals surface area contributed by atoms with Crippen LogP contribution in [-0.2, 0) is 0 Å². The lowest BCUT2D eigenvalue weighted by atomic mass is 10.2. The lowest BCUT2D eigenvalue weighted by Crippen LogP contribution is -2.32. The first-order valence-electron chi connectivity index (χ1n) is 5.11. The van der Waals surface area contributed by atoms with Gasteiger partial charge in [0.1, 0.15) is 5.82 Å². The predicted molar refractivity (Wildman–Crippen MR) is 70.8 cm³/mol. The van der Waals surface area contributed by atoms with E-state index in [1.54, 1.807) is 0 Å². The molecule has 1 unspecified atom stereocenters. The average molecular weight is 287 g/mol. The molecule has 0 aromatic carbocycles. The van der Waals surface area contributed by atoms with E-state index >= 15 is 0 Å². The summed E-state index contributed by atoms with van der Waals surface area (Å²) in [5, 5.41) is 0. The van der Waals surface area contributed by atoms with Gasteiger partial charge in [0.2, 0.25) is 0 Å². The second-order valence-corrected chi connectivity index (χ2v) is 5.99. The van der Waals surface area contributed by atoms with Crippen molar-refractivity contribution >= 4 is 33.5 Å². The Bertz CT molecular complexity index is 350. The van der Waals surface area contributed by atoms with Gasteiger partial charge < -0.3 is 4.90 Å². The number of hydrogen-bond acceptors (Lipinski definition) is 3. The number of pyridine rings is 1. The highest BCUT2D eigenvalue weighted by Crippen LogP contribution is 2.27. The quantitative estimate of drug-likeness (QED) is 0.831. The molecule has 1 atom stereocenters. The van der Waals surface area contributed by atoms with Crippen molar-refractivity contribution in [3.05, 3.63) is 22.3 Å². The molecule has 1 aliphatic rings. The second kappa shape index (κ2) is 4.74. The number of rotatable bonds is 2. The van der Waals surface area contributed by atoms with E-state index in [2.05, 4.69) is 45.9 Å². The normalized spacial score (nSPS) is 20.6. The molecule has 4 heteroatoms. The van der Waals surface area contributed by atoms with E-state index in [-0.39, 0.29) is 0 Å². The molecule has 1 saturated heterocycles. The van der Waals surface area contributed by atoms with Crippen molar-refractivity contribution in [2.75, 3.05) is 23.5 Å². The Morgan fingerprint density at radius 2 is 2.40 bits per heavy atom. The highest BCUT2D eigenvalue weighted by Gasteiger charge is 2.21. The average Bonchev–Trinajstić information content (AvgIpc) is 2.69. The zero-order chi connectivity index (χ0) is 10.8. The van der Waals surface area contributed by atoms with E-state index < -0.39 is 0 Å². The van der Waals surface area contributed by atoms with Crippen LogP contribution >= 0.6 is 27.7 Å². The van der Waals surface area contributed by atoms with Crippen LogP contribution in [0.2, 0.25) is 0 Å². The summed E-state index contributed by atoms with van der Waals surface area (Å²) in [6, 6.07) is 2.78. The van der Waals surface area contributed by atoms with Gasteiger partial charge in [-0.15, -0.1) is 0 Å². The van der Waals surface area contributed by atoms with Gasteiger partial charge in [-0.2, -0.15) is 11.8 Å². The minimum absolute atomic E-state index is 0.655. The van der Waals surface area contributed by atoms with Crippen LogP contribution in [0.25, 0.3) is 0 Å². The zero-order valence-corrected chi connectivity index (χ0v) is 11.4. The molecular formula is C11H15BrN2S. The third kappa shape index (κ3) is 2.48. The highest BCUT2D eigenvalue weighted by molar-refractivity contribution is 9.10. The molecule has 0 N–H and O–H groups in total. The zero-order valence-electron chi connectivity index (χ0n) is 9.03. The SMILES string of the molecule is Cc1cc(Br)cnc1N(C)C1CCSC1. The van der Waals surface area contributed by atoms with Crippen molar-refractivity contribution in [3.63, 3.8) is 0 Å². The Morgan fingerprint density at radius 1 is 1.60 bits per heavy atom. The maximum atomic E-state index is 4.49. The lowest BCUT2D eigenvalue weighted by Gasteiger charge is -2.26. The van der Waals surface area contributed by atoms with Crippen LogP contribution < -0.4 is 4.90 Å². The Morgan fingerprint density at radius 3 is 3.00 bits per heavy atom. The molecule has 1 aromatic rings. The summed E-state index contributed by atoms with van der Waals surface area (Å²) in [5.74, 6) is 3.63. The first-order chi connectivity index (χ1) is 7.18. The summed E-state index contributed by atoms with van der Waals surface area (Å²) in [6.45, 7) is 2.12. The van der Waals surface area contributed by atoms with E-state index in [0.717, 1.165) is 10.3 Å². The fraction of sp³-hybridized carbons (Fsp3) is 0.545. The molecule has 0 radical (unpaired) electrons. The van der Waals surface area contributed by atoms with Crippen LogP contribution in [0.1, 0.15) is 12.0 Å². The number of aromatic nitrogens is 1. The molecular weight excluding hydrogens is 272 g/mol. The molecule has 0 spiro atoms. The summed E-state index contributed by atoms with van der Waals surface area (Å²) in [7, 11) is 2.15. The van der Waals surface area contributed by atoms with Crippen LogP contribution in [0.4, 0.5) is 5.82 Å². The molecule has 2 nitrogen and oxygen atoms in total. The van der Waals surface area contributed by atoms with Crippen molar-refractivity contribution in [2.24, 2.45) is 0 Å². The summed E-state index contributed by atoms with van der Waals surface area (Å²) >= 11 is 5.48. The van der Waals surface area contributed by atoms with Gasteiger partial charge in [0, 0.05) is 29.5 Å². The van der Waals surface area contributed by atoms with E-state index in [4.69, 9.17) is 0 Å². The molecule has 15 heavy (non-hydrogen) atoms. The van der Waals surface area contributed by atoms with Crippen molar-refractivity contribution < 1.29 is 0 Å². The minimum atomic E-state index is 0.655. The first kappa shape index (κ1) is 11.3. The largest absolute Gasteiger partial charge is 0.356 e. The second-order valence-electron chi connectivity index (χ2n) is 3.92. The fourth-order valence-electron chi connectivity index (χ4n) is 1.90. The molecule has 1 aromatic heterocycles. The summed E-state index contributed by atoms with van der Waals surface area (Å²) in [5.41, 5.74) is 1.24. The maximum Gasteiger partial charge on any atom is 0.131 e. The van der Waals surface area contributed by atoms with Gasteiger partial charge in [-0.25, -0.2) is 4.98 Å². The summed E-state index contributed by atoms with van der Waals surface area (Å²) in [6.07, 6.45) is 3.15. The predicted octanol–water partition coefficient (Wildman–Crippen LogP) is 3.09. The van der Waals surface area contributed by atoms with Crippen LogP contribution in [0.5, 0.6) is 0 Å². The van der Waals surface area contributed by atoms with Crippen molar-refractivity contribution in [1.82, 2.24) is 4.98 Å². The third-order valence-corrected chi connectivity index (χ3v) is 4.38. The molecule has 82 valence electrons. The Hall–Kier alpha value is -0.220. The smallest absolute Gasteiger partial charge is 0.131 e. The van der Waals surface area contributed by atoms with E-state index in [0.29, 0.717) is 6.04 Å². The first-order valence-corrected chi connectivity index (χ1v) is 7.06. The summed E-state index contributed by atoms with van der Waals surface area (Å²) < 4.78 is 1.05. The maximum absolute atomic E-state index is 4.49. The monoisotopic (exact) mass is 286 g/mol. The van der Waals surface area contributed by atoms with Gasteiger partial charge in [-0.05, 0) is 46.7 Å². The number of nitrogens with zero attached hydrogens (tertiary/aromatic N) is 2. The standard InChI is InChI=1S/C11H15BrN2S/c1-8-5-9(12)6-13-11(8)14(2)10-3-4-15-7-10/h5-6,10H,3-4,7H2,1-2H3. The van der Waals surface area contributed by atoms with Crippen LogP contribution in [0.3, 0.4) is 0 Å². The number of aryl methyl sites for hydroxylation is 1. The molecule has 1 aliphatic heterocycles. The third-order valence-electron chi connectivity index (χ3n) is 2.80. The van der Waals surface area contributed by atoms with Gasteiger partial charge in [0.05, 0.1) is 0 Å². The van der Waals surface area contributed by atoms with Crippen LogP contribution in [0, 0.1) is 6.92 Å². The molecule has 0 saturated carbocycles. The van der Waals surface area contributed by atoms with Crippen LogP contribution in [0.15, 0.2) is 16.7 Å². The number of anilines is 1. The van der Waals surface area contributed by atoms with E-state index in [9.17, 15) is 0 Å². The topological polar surface area (TPSA) is 16.1 Å². The van der Waals surface area contributed by atoms with Crippen molar-refractivity contribution in [3.8, 4) is 0 Å². The van der Waals surface area contributed by atoms with Gasteiger partial charge >= 0.3 is 0 Å². The van der Waals surface area contributed by atoms with Gasteiger partial charge in [0.15, 0.2) is 0 Å². The van der Waals surface area contributed by atoms with Gasteiger partial charge in [0.25, 0.3) is 0 Å². The minimum Gasteiger partial charge on any atom is -0.356 e. The lowest BCUT2D eigenvalue weighted by molar-refractivity contribution is 0.689. The van der Waals surface area contributed by atoms with E-state index in [1.165, 1.54) is 23.5 Å². The fourth-order valence-corrected chi connectivity index (χ4v) is 3.62.